The molecule has 7 heteroatoms. The van der Waals surface area contributed by atoms with Gasteiger partial charge < -0.3 is 5.11 Å². The summed E-state index contributed by atoms with van der Waals surface area (Å²) in [7, 11) is 0. The fraction of sp³-hybridized carbons (Fsp3) is 0. The average molecular weight is 321 g/mol. The summed E-state index contributed by atoms with van der Waals surface area (Å²) in [6, 6.07) is 4.12. The molecule has 1 aromatic carbocycles. The quantitative estimate of drug-likeness (QED) is 0.777. The first kappa shape index (κ1) is 14.3. The van der Waals surface area contributed by atoms with Crippen LogP contribution in [0.5, 0.6) is 0 Å². The molecule has 2 heterocycles. The molecule has 22 heavy (non-hydrogen) atoms. The monoisotopic (exact) mass is 320 g/mol. The first-order chi connectivity index (χ1) is 10.5. The molecule has 2 aromatic heterocycles. The molecule has 0 aliphatic rings. The lowest BCUT2D eigenvalue weighted by atomic mass is 10.0. The number of rotatable bonds is 2. The number of hydrogen-bond acceptors (Lipinski definition) is 3. The minimum absolute atomic E-state index is 0.0279. The number of carbonyl (C=O) groups is 1. The van der Waals surface area contributed by atoms with E-state index in [4.69, 9.17) is 16.7 Å². The predicted octanol–water partition coefficient (Wildman–Crippen LogP) is 3.93. The van der Waals surface area contributed by atoms with Crippen LogP contribution in [-0.2, 0) is 0 Å². The van der Waals surface area contributed by atoms with Crippen molar-refractivity contribution in [1.82, 2.24) is 9.97 Å². The molecule has 1 N–H and O–H groups in total. The molecule has 110 valence electrons. The third-order valence-electron chi connectivity index (χ3n) is 3.18. The molecule has 0 aliphatic carbocycles. The zero-order chi connectivity index (χ0) is 15.9. The van der Waals surface area contributed by atoms with Gasteiger partial charge in [-0.2, -0.15) is 0 Å². The van der Waals surface area contributed by atoms with Crippen LogP contribution in [0.4, 0.5) is 8.78 Å². The van der Waals surface area contributed by atoms with E-state index in [0.717, 1.165) is 12.4 Å². The molecule has 4 nitrogen and oxygen atoms in total. The summed E-state index contributed by atoms with van der Waals surface area (Å²) in [5.41, 5.74) is -0.438. The summed E-state index contributed by atoms with van der Waals surface area (Å²) in [5, 5.41) is 10.0. The van der Waals surface area contributed by atoms with Crippen LogP contribution in [-0.4, -0.2) is 21.0 Å². The molecule has 0 radical (unpaired) electrons. The van der Waals surface area contributed by atoms with Crippen LogP contribution in [0.3, 0.4) is 0 Å². The van der Waals surface area contributed by atoms with Gasteiger partial charge in [0.1, 0.15) is 0 Å². The lowest BCUT2D eigenvalue weighted by Gasteiger charge is -2.09. The zero-order valence-electron chi connectivity index (χ0n) is 10.8. The lowest BCUT2D eigenvalue weighted by molar-refractivity contribution is 0.0697. The SMILES string of the molecule is O=C(O)c1ccc2c(Cl)cnc(-c3c(F)cncc3F)c2c1. The highest BCUT2D eigenvalue weighted by molar-refractivity contribution is 6.35. The average Bonchev–Trinajstić information content (AvgIpc) is 2.49. The number of carboxylic acids is 1. The van der Waals surface area contributed by atoms with Gasteiger partial charge >= 0.3 is 5.97 Å². The van der Waals surface area contributed by atoms with Crippen LogP contribution in [0.1, 0.15) is 10.4 Å². The Bertz CT molecular complexity index is 895. The van der Waals surface area contributed by atoms with E-state index in [-0.39, 0.29) is 27.2 Å². The molecule has 0 bridgehead atoms. The van der Waals surface area contributed by atoms with E-state index in [2.05, 4.69) is 9.97 Å². The molecule has 0 saturated heterocycles. The maximum atomic E-state index is 13.9. The van der Waals surface area contributed by atoms with Crippen molar-refractivity contribution in [3.05, 3.63) is 59.0 Å². The normalized spacial score (nSPS) is 10.9. The molecule has 0 saturated carbocycles. The fourth-order valence-corrected chi connectivity index (χ4v) is 2.39. The molecule has 0 amide bonds. The second-order valence-electron chi connectivity index (χ2n) is 4.50. The van der Waals surface area contributed by atoms with Crippen molar-refractivity contribution in [3.63, 3.8) is 0 Å². The van der Waals surface area contributed by atoms with Gasteiger partial charge in [0, 0.05) is 17.0 Å². The highest BCUT2D eigenvalue weighted by atomic mass is 35.5. The number of carboxylic acid groups (broad SMARTS) is 1. The first-order valence-electron chi connectivity index (χ1n) is 6.10. The molecular formula is C15H7ClF2N2O2. The number of benzene rings is 1. The minimum Gasteiger partial charge on any atom is -0.478 e. The molecule has 3 rings (SSSR count). The van der Waals surface area contributed by atoms with Crippen LogP contribution in [0.25, 0.3) is 22.0 Å². The largest absolute Gasteiger partial charge is 0.478 e. The Morgan fingerprint density at radius 1 is 1.09 bits per heavy atom. The Morgan fingerprint density at radius 3 is 2.41 bits per heavy atom. The summed E-state index contributed by atoms with van der Waals surface area (Å²) in [4.78, 5) is 18.5. The van der Waals surface area contributed by atoms with Crippen molar-refractivity contribution >= 4 is 28.3 Å². The predicted molar refractivity (Wildman–Crippen MR) is 76.9 cm³/mol. The van der Waals surface area contributed by atoms with Gasteiger partial charge in [0.05, 0.1) is 34.2 Å². The number of nitrogens with zero attached hydrogens (tertiary/aromatic N) is 2. The number of halogens is 3. The Kier molecular flexibility index (Phi) is 3.46. The van der Waals surface area contributed by atoms with Crippen LogP contribution >= 0.6 is 11.6 Å². The highest BCUT2D eigenvalue weighted by Gasteiger charge is 2.18. The van der Waals surface area contributed by atoms with Crippen molar-refractivity contribution in [1.29, 1.82) is 0 Å². The number of aromatic nitrogens is 2. The summed E-state index contributed by atoms with van der Waals surface area (Å²) in [6.07, 6.45) is 2.99. The standard InChI is InChI=1S/C15H7ClF2N2O2/c16-10-4-20-14(13-11(17)5-19-6-12(13)18)9-3-7(15(21)22)1-2-8(9)10/h1-6H,(H,21,22). The van der Waals surface area contributed by atoms with Gasteiger partial charge in [-0.1, -0.05) is 17.7 Å². The Labute approximate surface area is 128 Å². The second-order valence-corrected chi connectivity index (χ2v) is 4.91. The van der Waals surface area contributed by atoms with Crippen molar-refractivity contribution in [2.24, 2.45) is 0 Å². The van der Waals surface area contributed by atoms with Crippen LogP contribution in [0.2, 0.25) is 5.02 Å². The van der Waals surface area contributed by atoms with Gasteiger partial charge in [-0.3, -0.25) is 9.97 Å². The molecule has 3 aromatic rings. The van der Waals surface area contributed by atoms with Crippen molar-refractivity contribution in [3.8, 4) is 11.3 Å². The van der Waals surface area contributed by atoms with Crippen LogP contribution in [0, 0.1) is 11.6 Å². The lowest BCUT2D eigenvalue weighted by Crippen LogP contribution is -1.99. The molecule has 0 unspecified atom stereocenters. The third kappa shape index (κ3) is 2.27. The highest BCUT2D eigenvalue weighted by Crippen LogP contribution is 2.34. The van der Waals surface area contributed by atoms with Gasteiger partial charge in [0.15, 0.2) is 11.6 Å². The summed E-state index contributed by atoms with van der Waals surface area (Å²) in [5.74, 6) is -2.95. The van der Waals surface area contributed by atoms with Gasteiger partial charge in [-0.25, -0.2) is 13.6 Å². The fourth-order valence-electron chi connectivity index (χ4n) is 2.18. The number of aromatic carboxylic acids is 1. The first-order valence-corrected chi connectivity index (χ1v) is 6.47. The van der Waals surface area contributed by atoms with Crippen molar-refractivity contribution in [2.75, 3.05) is 0 Å². The molecule has 0 aliphatic heterocycles. The van der Waals surface area contributed by atoms with Gasteiger partial charge in [-0.15, -0.1) is 0 Å². The van der Waals surface area contributed by atoms with Gasteiger partial charge in [0.2, 0.25) is 0 Å². The topological polar surface area (TPSA) is 63.1 Å². The second kappa shape index (κ2) is 5.31. The minimum atomic E-state index is -1.16. The van der Waals surface area contributed by atoms with Gasteiger partial charge in [-0.05, 0) is 12.1 Å². The Hall–Kier alpha value is -2.60. The summed E-state index contributed by atoms with van der Waals surface area (Å²) < 4.78 is 27.9. The molecular weight excluding hydrogens is 314 g/mol. The summed E-state index contributed by atoms with van der Waals surface area (Å²) >= 11 is 6.02. The summed E-state index contributed by atoms with van der Waals surface area (Å²) in [6.45, 7) is 0. The Balaban J connectivity index is 2.41. The van der Waals surface area contributed by atoms with E-state index in [1.165, 1.54) is 24.4 Å². The van der Waals surface area contributed by atoms with E-state index in [9.17, 15) is 13.6 Å². The smallest absolute Gasteiger partial charge is 0.335 e. The van der Waals surface area contributed by atoms with Gasteiger partial charge in [0.25, 0.3) is 0 Å². The van der Waals surface area contributed by atoms with E-state index < -0.39 is 17.6 Å². The van der Waals surface area contributed by atoms with Crippen molar-refractivity contribution in [2.45, 2.75) is 0 Å². The maximum Gasteiger partial charge on any atom is 0.335 e. The third-order valence-corrected chi connectivity index (χ3v) is 3.48. The molecule has 0 fully saturated rings. The number of hydrogen-bond donors (Lipinski definition) is 1. The molecule has 0 spiro atoms. The zero-order valence-corrected chi connectivity index (χ0v) is 11.6. The maximum absolute atomic E-state index is 13.9. The number of fused-ring (bicyclic) bond motifs is 1. The van der Waals surface area contributed by atoms with Crippen molar-refractivity contribution < 1.29 is 18.7 Å². The number of pyridine rings is 2. The van der Waals surface area contributed by atoms with Crippen LogP contribution in [0.15, 0.2) is 36.8 Å². The van der Waals surface area contributed by atoms with E-state index in [0.29, 0.717) is 5.39 Å². The Morgan fingerprint density at radius 2 is 1.77 bits per heavy atom. The molecule has 0 atom stereocenters. The van der Waals surface area contributed by atoms with Crippen LogP contribution < -0.4 is 0 Å². The van der Waals surface area contributed by atoms with E-state index >= 15 is 0 Å². The van der Waals surface area contributed by atoms with E-state index in [1.54, 1.807) is 0 Å². The van der Waals surface area contributed by atoms with E-state index in [1.807, 2.05) is 0 Å².